The number of ether oxygens (including phenoxy) is 2. The lowest BCUT2D eigenvalue weighted by molar-refractivity contribution is 0.0734. The second-order valence-corrected chi connectivity index (χ2v) is 6.15. The van der Waals surface area contributed by atoms with Crippen LogP contribution in [-0.2, 0) is 0 Å². The highest BCUT2D eigenvalue weighted by molar-refractivity contribution is 6.33. The van der Waals surface area contributed by atoms with Crippen molar-refractivity contribution >= 4 is 17.5 Å². The standard InChI is InChI=1S/C19H20ClNO3/c1-23-13-9-10-18(24-2)15(12-13)17-8-5-11-21(17)19(22)14-6-3-4-7-16(14)20/h3-4,6-7,9-10,12,17H,5,8,11H2,1-2H3/t17-/m0/s1. The number of amides is 1. The topological polar surface area (TPSA) is 38.8 Å². The van der Waals surface area contributed by atoms with Crippen LogP contribution in [0.3, 0.4) is 0 Å². The van der Waals surface area contributed by atoms with Gasteiger partial charge >= 0.3 is 0 Å². The van der Waals surface area contributed by atoms with Gasteiger partial charge in [0, 0.05) is 12.1 Å². The highest BCUT2D eigenvalue weighted by Gasteiger charge is 2.33. The van der Waals surface area contributed by atoms with Crippen molar-refractivity contribution in [1.29, 1.82) is 0 Å². The maximum Gasteiger partial charge on any atom is 0.255 e. The molecule has 1 heterocycles. The van der Waals surface area contributed by atoms with Gasteiger partial charge < -0.3 is 14.4 Å². The number of likely N-dealkylation sites (tertiary alicyclic amines) is 1. The molecular formula is C19H20ClNO3. The molecule has 2 aromatic rings. The zero-order valence-electron chi connectivity index (χ0n) is 13.8. The van der Waals surface area contributed by atoms with Crippen LogP contribution >= 0.6 is 11.6 Å². The molecule has 0 bridgehead atoms. The lowest BCUT2D eigenvalue weighted by Gasteiger charge is -2.27. The Morgan fingerprint density at radius 3 is 2.67 bits per heavy atom. The Kier molecular flexibility index (Phi) is 4.95. The summed E-state index contributed by atoms with van der Waals surface area (Å²) in [5, 5.41) is 0.478. The Hall–Kier alpha value is -2.20. The lowest BCUT2D eigenvalue weighted by atomic mass is 10.0. The van der Waals surface area contributed by atoms with E-state index in [0.29, 0.717) is 17.1 Å². The molecule has 0 aliphatic carbocycles. The van der Waals surface area contributed by atoms with E-state index in [-0.39, 0.29) is 11.9 Å². The van der Waals surface area contributed by atoms with Gasteiger partial charge in [0.1, 0.15) is 11.5 Å². The van der Waals surface area contributed by atoms with Crippen LogP contribution in [0.4, 0.5) is 0 Å². The third-order valence-corrected chi connectivity index (χ3v) is 4.74. The predicted molar refractivity (Wildman–Crippen MR) is 94.0 cm³/mol. The molecule has 1 saturated heterocycles. The van der Waals surface area contributed by atoms with Gasteiger partial charge in [-0.15, -0.1) is 0 Å². The number of rotatable bonds is 4. The Morgan fingerprint density at radius 1 is 1.17 bits per heavy atom. The van der Waals surface area contributed by atoms with Gasteiger partial charge in [-0.25, -0.2) is 0 Å². The quantitative estimate of drug-likeness (QED) is 0.827. The van der Waals surface area contributed by atoms with E-state index in [1.807, 2.05) is 35.2 Å². The van der Waals surface area contributed by atoms with Crippen molar-refractivity contribution in [3.8, 4) is 11.5 Å². The summed E-state index contributed by atoms with van der Waals surface area (Å²) in [6, 6.07) is 12.8. The third kappa shape index (κ3) is 3.06. The molecule has 24 heavy (non-hydrogen) atoms. The van der Waals surface area contributed by atoms with E-state index >= 15 is 0 Å². The molecule has 1 fully saturated rings. The van der Waals surface area contributed by atoms with Crippen LogP contribution in [0, 0.1) is 0 Å². The molecule has 1 amide bonds. The summed E-state index contributed by atoms with van der Waals surface area (Å²) in [5.74, 6) is 1.47. The Morgan fingerprint density at radius 2 is 1.96 bits per heavy atom. The molecular weight excluding hydrogens is 326 g/mol. The summed E-state index contributed by atoms with van der Waals surface area (Å²) in [5.41, 5.74) is 1.50. The van der Waals surface area contributed by atoms with E-state index in [1.165, 1.54) is 0 Å². The highest BCUT2D eigenvalue weighted by atomic mass is 35.5. The van der Waals surface area contributed by atoms with E-state index in [2.05, 4.69) is 0 Å². The van der Waals surface area contributed by atoms with Crippen molar-refractivity contribution in [3.05, 3.63) is 58.6 Å². The summed E-state index contributed by atoms with van der Waals surface area (Å²) >= 11 is 6.21. The van der Waals surface area contributed by atoms with E-state index in [9.17, 15) is 4.79 Å². The van der Waals surface area contributed by atoms with Crippen molar-refractivity contribution in [2.75, 3.05) is 20.8 Å². The lowest BCUT2D eigenvalue weighted by Crippen LogP contribution is -2.31. The Bertz CT molecular complexity index is 747. The van der Waals surface area contributed by atoms with Crippen LogP contribution < -0.4 is 9.47 Å². The Balaban J connectivity index is 1.97. The summed E-state index contributed by atoms with van der Waals surface area (Å²) in [6.07, 6.45) is 1.83. The minimum absolute atomic E-state index is 0.0428. The molecule has 1 aliphatic heterocycles. The molecule has 3 rings (SSSR count). The highest BCUT2D eigenvalue weighted by Crippen LogP contribution is 2.40. The molecule has 1 atom stereocenters. The smallest absolute Gasteiger partial charge is 0.255 e. The van der Waals surface area contributed by atoms with Crippen LogP contribution in [-0.4, -0.2) is 31.6 Å². The molecule has 1 aliphatic rings. The number of carbonyl (C=O) groups is 1. The van der Waals surface area contributed by atoms with Gasteiger partial charge in [0.05, 0.1) is 30.8 Å². The first kappa shape index (κ1) is 16.7. The van der Waals surface area contributed by atoms with Crippen molar-refractivity contribution in [2.45, 2.75) is 18.9 Å². The molecule has 0 saturated carbocycles. The largest absolute Gasteiger partial charge is 0.497 e. The average Bonchev–Trinajstić information content (AvgIpc) is 3.10. The molecule has 0 radical (unpaired) electrons. The van der Waals surface area contributed by atoms with Crippen molar-refractivity contribution in [1.82, 2.24) is 4.90 Å². The average molecular weight is 346 g/mol. The maximum atomic E-state index is 13.0. The zero-order chi connectivity index (χ0) is 17.1. The summed E-state index contributed by atoms with van der Waals surface area (Å²) in [6.45, 7) is 0.703. The number of methoxy groups -OCH3 is 2. The van der Waals surface area contributed by atoms with Crippen molar-refractivity contribution in [3.63, 3.8) is 0 Å². The van der Waals surface area contributed by atoms with E-state index in [1.54, 1.807) is 26.4 Å². The fourth-order valence-corrected chi connectivity index (χ4v) is 3.44. The maximum absolute atomic E-state index is 13.0. The van der Waals surface area contributed by atoms with Crippen LogP contribution in [0.25, 0.3) is 0 Å². The molecule has 0 spiro atoms. The normalized spacial score (nSPS) is 17.0. The fourth-order valence-electron chi connectivity index (χ4n) is 3.22. The molecule has 0 aromatic heterocycles. The minimum Gasteiger partial charge on any atom is -0.497 e. The SMILES string of the molecule is COc1ccc(OC)c([C@@H]2CCCN2C(=O)c2ccccc2Cl)c1. The second-order valence-electron chi connectivity index (χ2n) is 5.74. The van der Waals surface area contributed by atoms with E-state index < -0.39 is 0 Å². The molecule has 4 nitrogen and oxygen atoms in total. The fraction of sp³-hybridized carbons (Fsp3) is 0.316. The van der Waals surface area contributed by atoms with Gasteiger partial charge in [-0.2, -0.15) is 0 Å². The van der Waals surface area contributed by atoms with Crippen LogP contribution in [0.15, 0.2) is 42.5 Å². The number of carbonyl (C=O) groups excluding carboxylic acids is 1. The van der Waals surface area contributed by atoms with Gasteiger partial charge in [0.15, 0.2) is 0 Å². The second kappa shape index (κ2) is 7.14. The molecule has 0 N–H and O–H groups in total. The van der Waals surface area contributed by atoms with Crippen molar-refractivity contribution < 1.29 is 14.3 Å². The number of hydrogen-bond donors (Lipinski definition) is 0. The third-order valence-electron chi connectivity index (χ3n) is 4.41. The van der Waals surface area contributed by atoms with Gasteiger partial charge in [-0.1, -0.05) is 23.7 Å². The minimum atomic E-state index is -0.0482. The first-order valence-corrected chi connectivity index (χ1v) is 8.31. The van der Waals surface area contributed by atoms with Gasteiger partial charge in [0.2, 0.25) is 0 Å². The van der Waals surface area contributed by atoms with Gasteiger partial charge in [-0.05, 0) is 43.2 Å². The van der Waals surface area contributed by atoms with Crippen LogP contribution in [0.2, 0.25) is 5.02 Å². The Labute approximate surface area is 146 Å². The van der Waals surface area contributed by atoms with E-state index in [0.717, 1.165) is 29.9 Å². The van der Waals surface area contributed by atoms with Gasteiger partial charge in [-0.3, -0.25) is 4.79 Å². The van der Waals surface area contributed by atoms with Crippen LogP contribution in [0.5, 0.6) is 11.5 Å². The van der Waals surface area contributed by atoms with Crippen molar-refractivity contribution in [2.24, 2.45) is 0 Å². The molecule has 126 valence electrons. The summed E-state index contributed by atoms with van der Waals surface area (Å²) in [7, 11) is 3.27. The first-order chi connectivity index (χ1) is 11.7. The zero-order valence-corrected chi connectivity index (χ0v) is 14.5. The number of hydrogen-bond acceptors (Lipinski definition) is 3. The first-order valence-electron chi connectivity index (χ1n) is 7.93. The summed E-state index contributed by atoms with van der Waals surface area (Å²) < 4.78 is 10.8. The monoisotopic (exact) mass is 345 g/mol. The molecule has 2 aromatic carbocycles. The van der Waals surface area contributed by atoms with E-state index in [4.69, 9.17) is 21.1 Å². The van der Waals surface area contributed by atoms with Crippen LogP contribution in [0.1, 0.15) is 34.8 Å². The van der Waals surface area contributed by atoms with Gasteiger partial charge in [0.25, 0.3) is 5.91 Å². The summed E-state index contributed by atoms with van der Waals surface area (Å²) in [4.78, 5) is 14.8. The number of nitrogens with zero attached hydrogens (tertiary/aromatic N) is 1. The molecule has 0 unspecified atom stereocenters. The number of halogens is 1. The molecule has 5 heteroatoms. The predicted octanol–water partition coefficient (Wildman–Crippen LogP) is 4.33. The number of benzene rings is 2.